The normalized spacial score (nSPS) is 12.4. The van der Waals surface area contributed by atoms with Gasteiger partial charge in [0.15, 0.2) is 4.67 Å². The number of rotatable bonds is 4. The van der Waals surface area contributed by atoms with Crippen LogP contribution in [0.3, 0.4) is 0 Å². The zero-order chi connectivity index (χ0) is 12.3. The monoisotopic (exact) mass is 298 g/mol. The summed E-state index contributed by atoms with van der Waals surface area (Å²) in [5, 5.41) is 9.94. The number of nitrogens with zero attached hydrogens (tertiary/aromatic N) is 2. The van der Waals surface area contributed by atoms with Gasteiger partial charge in [-0.15, -0.1) is 0 Å². The molecule has 6 heteroatoms. The Balaban J connectivity index is 2.09. The van der Waals surface area contributed by atoms with E-state index in [-0.39, 0.29) is 0 Å². The molecule has 0 spiro atoms. The molecule has 0 fully saturated rings. The summed E-state index contributed by atoms with van der Waals surface area (Å²) >= 11 is 3.19. The Kier molecular flexibility index (Phi) is 3.75. The summed E-state index contributed by atoms with van der Waals surface area (Å²) in [7, 11) is 1.53. The van der Waals surface area contributed by atoms with Crippen molar-refractivity contribution < 1.29 is 14.3 Å². The van der Waals surface area contributed by atoms with Gasteiger partial charge in [-0.1, -0.05) is 0 Å². The Hall–Kier alpha value is -1.40. The molecule has 2 aromatic rings. The molecule has 2 aromatic heterocycles. The highest BCUT2D eigenvalue weighted by atomic mass is 79.9. The standard InChI is InChI=1S/C11H11BrN2O3/c1-16-11-5-7(13-6-14-11)4-8(15)9-2-3-10(12)17-9/h2-3,5-6,8,15H,4H2,1H3. The topological polar surface area (TPSA) is 68.4 Å². The number of aliphatic hydroxyl groups excluding tert-OH is 1. The molecule has 0 aliphatic rings. The molecular weight excluding hydrogens is 288 g/mol. The van der Waals surface area contributed by atoms with Gasteiger partial charge in [-0.3, -0.25) is 0 Å². The minimum atomic E-state index is -0.735. The number of ether oxygens (including phenoxy) is 1. The van der Waals surface area contributed by atoms with Crippen LogP contribution in [0.25, 0.3) is 0 Å². The first-order valence-corrected chi connectivity index (χ1v) is 5.76. The van der Waals surface area contributed by atoms with Crippen molar-refractivity contribution >= 4 is 15.9 Å². The highest BCUT2D eigenvalue weighted by molar-refractivity contribution is 9.10. The summed E-state index contributed by atoms with van der Waals surface area (Å²) in [6.07, 6.45) is 1.01. The molecule has 0 amide bonds. The van der Waals surface area contributed by atoms with Crippen LogP contribution in [0.5, 0.6) is 5.88 Å². The average Bonchev–Trinajstić information content (AvgIpc) is 2.76. The lowest BCUT2D eigenvalue weighted by atomic mass is 10.1. The smallest absolute Gasteiger partial charge is 0.216 e. The summed E-state index contributed by atoms with van der Waals surface area (Å²) in [5.41, 5.74) is 0.692. The van der Waals surface area contributed by atoms with Crippen LogP contribution in [-0.2, 0) is 6.42 Å². The first-order valence-electron chi connectivity index (χ1n) is 4.97. The highest BCUT2D eigenvalue weighted by Crippen LogP contribution is 2.23. The highest BCUT2D eigenvalue weighted by Gasteiger charge is 2.14. The first kappa shape index (κ1) is 12.1. The minimum absolute atomic E-state index is 0.346. The van der Waals surface area contributed by atoms with Crippen molar-refractivity contribution in [3.05, 3.63) is 40.7 Å². The lowest BCUT2D eigenvalue weighted by molar-refractivity contribution is 0.147. The van der Waals surface area contributed by atoms with Crippen molar-refractivity contribution in [1.82, 2.24) is 9.97 Å². The number of aliphatic hydroxyl groups is 1. The van der Waals surface area contributed by atoms with Crippen LogP contribution in [0.2, 0.25) is 0 Å². The van der Waals surface area contributed by atoms with E-state index in [4.69, 9.17) is 9.15 Å². The average molecular weight is 299 g/mol. The maximum atomic E-state index is 9.94. The summed E-state index contributed by atoms with van der Waals surface area (Å²) < 4.78 is 10.8. The third kappa shape index (κ3) is 3.04. The molecule has 90 valence electrons. The second-order valence-electron chi connectivity index (χ2n) is 3.41. The van der Waals surface area contributed by atoms with E-state index in [1.54, 1.807) is 18.2 Å². The number of methoxy groups -OCH3 is 1. The van der Waals surface area contributed by atoms with Gasteiger partial charge in [-0.05, 0) is 28.1 Å². The van der Waals surface area contributed by atoms with Crippen molar-refractivity contribution in [3.63, 3.8) is 0 Å². The fourth-order valence-electron chi connectivity index (χ4n) is 1.41. The van der Waals surface area contributed by atoms with Crippen molar-refractivity contribution in [2.75, 3.05) is 7.11 Å². The maximum Gasteiger partial charge on any atom is 0.216 e. The van der Waals surface area contributed by atoms with Crippen LogP contribution >= 0.6 is 15.9 Å². The van der Waals surface area contributed by atoms with Gasteiger partial charge in [0, 0.05) is 12.5 Å². The van der Waals surface area contributed by atoms with E-state index in [9.17, 15) is 5.11 Å². The molecule has 2 rings (SSSR count). The maximum absolute atomic E-state index is 9.94. The largest absolute Gasteiger partial charge is 0.481 e. The predicted molar refractivity (Wildman–Crippen MR) is 63.7 cm³/mol. The fraction of sp³-hybridized carbons (Fsp3) is 0.273. The van der Waals surface area contributed by atoms with Gasteiger partial charge in [0.05, 0.1) is 12.8 Å². The summed E-state index contributed by atoms with van der Waals surface area (Å²) in [4.78, 5) is 7.95. The van der Waals surface area contributed by atoms with Crippen molar-refractivity contribution in [2.45, 2.75) is 12.5 Å². The Bertz CT molecular complexity index is 501. The van der Waals surface area contributed by atoms with Crippen molar-refractivity contribution in [3.8, 4) is 5.88 Å². The zero-order valence-electron chi connectivity index (χ0n) is 9.13. The third-order valence-electron chi connectivity index (χ3n) is 2.23. The molecule has 0 saturated heterocycles. The van der Waals surface area contributed by atoms with Gasteiger partial charge < -0.3 is 14.3 Å². The van der Waals surface area contributed by atoms with E-state index >= 15 is 0 Å². The van der Waals surface area contributed by atoms with Gasteiger partial charge in [-0.2, -0.15) is 0 Å². The van der Waals surface area contributed by atoms with E-state index < -0.39 is 6.10 Å². The summed E-state index contributed by atoms with van der Waals surface area (Å²) in [6.45, 7) is 0. The molecule has 1 atom stereocenters. The van der Waals surface area contributed by atoms with Gasteiger partial charge in [-0.25, -0.2) is 9.97 Å². The molecule has 17 heavy (non-hydrogen) atoms. The van der Waals surface area contributed by atoms with Crippen LogP contribution in [0.1, 0.15) is 17.6 Å². The second-order valence-corrected chi connectivity index (χ2v) is 4.20. The molecule has 0 aromatic carbocycles. The number of halogens is 1. The van der Waals surface area contributed by atoms with Crippen LogP contribution in [0, 0.1) is 0 Å². The van der Waals surface area contributed by atoms with Crippen LogP contribution in [-0.4, -0.2) is 22.2 Å². The molecule has 0 saturated carbocycles. The Morgan fingerprint density at radius 2 is 2.29 bits per heavy atom. The fourth-order valence-corrected chi connectivity index (χ4v) is 1.73. The number of hydrogen-bond acceptors (Lipinski definition) is 5. The van der Waals surface area contributed by atoms with E-state index in [2.05, 4.69) is 25.9 Å². The summed E-state index contributed by atoms with van der Waals surface area (Å²) in [6, 6.07) is 5.13. The molecule has 0 aliphatic heterocycles. The van der Waals surface area contributed by atoms with E-state index in [1.165, 1.54) is 13.4 Å². The van der Waals surface area contributed by atoms with E-state index in [0.717, 1.165) is 0 Å². The SMILES string of the molecule is COc1cc(CC(O)c2ccc(Br)o2)ncn1. The Morgan fingerprint density at radius 3 is 2.94 bits per heavy atom. The van der Waals surface area contributed by atoms with Crippen molar-refractivity contribution in [2.24, 2.45) is 0 Å². The lowest BCUT2D eigenvalue weighted by Crippen LogP contribution is -2.03. The minimum Gasteiger partial charge on any atom is -0.481 e. The van der Waals surface area contributed by atoms with Gasteiger partial charge in [0.25, 0.3) is 0 Å². The molecular formula is C11H11BrN2O3. The van der Waals surface area contributed by atoms with Gasteiger partial charge in [0.1, 0.15) is 18.2 Å². The first-order chi connectivity index (χ1) is 8.19. The molecule has 1 N–H and O–H groups in total. The second kappa shape index (κ2) is 5.29. The lowest BCUT2D eigenvalue weighted by Gasteiger charge is -2.07. The molecule has 0 radical (unpaired) electrons. The molecule has 5 nitrogen and oxygen atoms in total. The van der Waals surface area contributed by atoms with Gasteiger partial charge >= 0.3 is 0 Å². The van der Waals surface area contributed by atoms with Gasteiger partial charge in [0.2, 0.25) is 5.88 Å². The van der Waals surface area contributed by atoms with Crippen molar-refractivity contribution in [1.29, 1.82) is 0 Å². The predicted octanol–water partition coefficient (Wildman–Crippen LogP) is 2.12. The van der Waals surface area contributed by atoms with Crippen LogP contribution in [0.15, 0.2) is 33.6 Å². The van der Waals surface area contributed by atoms with E-state index in [0.29, 0.717) is 28.4 Å². The third-order valence-corrected chi connectivity index (χ3v) is 2.66. The quantitative estimate of drug-likeness (QED) is 0.936. The number of furan rings is 1. The number of aromatic nitrogens is 2. The molecule has 2 heterocycles. The van der Waals surface area contributed by atoms with Crippen LogP contribution in [0.4, 0.5) is 0 Å². The molecule has 0 bridgehead atoms. The molecule has 0 aliphatic carbocycles. The van der Waals surface area contributed by atoms with Crippen LogP contribution < -0.4 is 4.74 Å². The zero-order valence-corrected chi connectivity index (χ0v) is 10.7. The number of hydrogen-bond donors (Lipinski definition) is 1. The van der Waals surface area contributed by atoms with E-state index in [1.807, 2.05) is 0 Å². The summed E-state index contributed by atoms with van der Waals surface area (Å²) in [5.74, 6) is 0.970. The molecule has 1 unspecified atom stereocenters. The Labute approximate surface area is 107 Å². The Morgan fingerprint density at radius 1 is 1.47 bits per heavy atom.